The van der Waals surface area contributed by atoms with Crippen molar-refractivity contribution in [1.82, 2.24) is 0 Å². The molecule has 6 heteroatoms. The van der Waals surface area contributed by atoms with Crippen molar-refractivity contribution in [2.45, 2.75) is 13.2 Å². The van der Waals surface area contributed by atoms with Crippen LogP contribution in [-0.4, -0.2) is 4.92 Å². The molecule has 0 saturated heterocycles. The summed E-state index contributed by atoms with van der Waals surface area (Å²) in [5.41, 5.74) is 6.46. The molecule has 0 aliphatic carbocycles. The molecule has 0 bridgehead atoms. The molecule has 0 saturated carbocycles. The minimum absolute atomic E-state index is 0.0766. The van der Waals surface area contributed by atoms with Crippen LogP contribution in [0.25, 0.3) is 0 Å². The Kier molecular flexibility index (Phi) is 3.91. The number of anilines is 1. The Morgan fingerprint density at radius 3 is 2.78 bits per heavy atom. The van der Waals surface area contributed by atoms with E-state index in [1.807, 2.05) is 17.5 Å². The fraction of sp³-hybridized carbons (Fsp3) is 0.167. The fourth-order valence-corrected chi connectivity index (χ4v) is 2.18. The van der Waals surface area contributed by atoms with E-state index in [1.54, 1.807) is 23.5 Å². The summed E-state index contributed by atoms with van der Waals surface area (Å²) >= 11 is 1.61. The molecule has 0 unspecified atom stereocenters. The number of benzene rings is 1. The minimum Gasteiger partial charge on any atom is -0.393 e. The maximum absolute atomic E-state index is 10.7. The molecule has 2 N–H and O–H groups in total. The van der Waals surface area contributed by atoms with Crippen LogP contribution >= 0.6 is 11.3 Å². The van der Waals surface area contributed by atoms with E-state index in [1.165, 1.54) is 6.07 Å². The first-order valence-corrected chi connectivity index (χ1v) is 6.18. The minimum atomic E-state index is -0.488. The van der Waals surface area contributed by atoms with Crippen molar-refractivity contribution in [1.29, 1.82) is 0 Å². The van der Waals surface area contributed by atoms with Gasteiger partial charge in [0.15, 0.2) is 0 Å². The molecule has 2 aromatic rings. The van der Waals surface area contributed by atoms with Crippen molar-refractivity contribution < 1.29 is 9.66 Å². The third-order valence-corrected chi connectivity index (χ3v) is 3.30. The Balaban J connectivity index is 2.01. The van der Waals surface area contributed by atoms with Gasteiger partial charge in [0, 0.05) is 16.5 Å². The van der Waals surface area contributed by atoms with Crippen molar-refractivity contribution in [2.24, 2.45) is 0 Å². The van der Waals surface area contributed by atoms with Crippen molar-refractivity contribution >= 4 is 22.7 Å². The molecule has 0 radical (unpaired) electrons. The van der Waals surface area contributed by atoms with Gasteiger partial charge in [-0.1, -0.05) is 18.2 Å². The standard InChI is InChI=1S/C12H12N2O3S/c13-12-9(3-1-5-11(12)14(15)16)7-17-8-10-4-2-6-18-10/h1-6H,7-8,13H2. The van der Waals surface area contributed by atoms with Gasteiger partial charge in [-0.05, 0) is 11.4 Å². The van der Waals surface area contributed by atoms with Gasteiger partial charge in [0.25, 0.3) is 5.69 Å². The van der Waals surface area contributed by atoms with E-state index in [9.17, 15) is 10.1 Å². The summed E-state index contributed by atoms with van der Waals surface area (Å²) in [4.78, 5) is 11.3. The molecule has 0 aliphatic rings. The molecule has 0 atom stereocenters. The zero-order valence-corrected chi connectivity index (χ0v) is 10.4. The second-order valence-electron chi connectivity index (χ2n) is 3.68. The van der Waals surface area contributed by atoms with Crippen molar-refractivity contribution in [2.75, 3.05) is 5.73 Å². The van der Waals surface area contributed by atoms with E-state index in [2.05, 4.69) is 0 Å². The molecule has 0 spiro atoms. The zero-order valence-electron chi connectivity index (χ0n) is 9.54. The van der Waals surface area contributed by atoms with E-state index in [-0.39, 0.29) is 18.0 Å². The average Bonchev–Trinajstić information content (AvgIpc) is 2.84. The number of hydrogen-bond donors (Lipinski definition) is 1. The van der Waals surface area contributed by atoms with Crippen LogP contribution in [0.5, 0.6) is 0 Å². The van der Waals surface area contributed by atoms with Gasteiger partial charge in [0.1, 0.15) is 5.69 Å². The van der Waals surface area contributed by atoms with Crippen LogP contribution in [0.4, 0.5) is 11.4 Å². The lowest BCUT2D eigenvalue weighted by Gasteiger charge is -2.06. The molecule has 5 nitrogen and oxygen atoms in total. The number of thiophene rings is 1. The smallest absolute Gasteiger partial charge is 0.292 e. The SMILES string of the molecule is Nc1c(COCc2cccs2)cccc1[N+](=O)[O-]. The van der Waals surface area contributed by atoms with Crippen LogP contribution in [0.3, 0.4) is 0 Å². The quantitative estimate of drug-likeness (QED) is 0.511. The highest BCUT2D eigenvalue weighted by Crippen LogP contribution is 2.25. The van der Waals surface area contributed by atoms with Crippen LogP contribution in [0.1, 0.15) is 10.4 Å². The largest absolute Gasteiger partial charge is 0.393 e. The van der Waals surface area contributed by atoms with E-state index in [0.29, 0.717) is 12.2 Å². The Labute approximate surface area is 108 Å². The number of nitrogen functional groups attached to an aromatic ring is 1. The van der Waals surface area contributed by atoms with Crippen LogP contribution < -0.4 is 5.73 Å². The maximum Gasteiger partial charge on any atom is 0.292 e. The van der Waals surface area contributed by atoms with E-state index < -0.39 is 4.92 Å². The van der Waals surface area contributed by atoms with Crippen LogP contribution in [0, 0.1) is 10.1 Å². The Bertz CT molecular complexity index is 540. The summed E-state index contributed by atoms with van der Waals surface area (Å²) in [5.74, 6) is 0. The molecule has 1 aromatic heterocycles. The monoisotopic (exact) mass is 264 g/mol. The number of para-hydroxylation sites is 1. The van der Waals surface area contributed by atoms with Crippen LogP contribution in [-0.2, 0) is 18.0 Å². The predicted octanol–water partition coefficient (Wildman–Crippen LogP) is 2.96. The van der Waals surface area contributed by atoms with Gasteiger partial charge in [0.2, 0.25) is 0 Å². The van der Waals surface area contributed by atoms with Gasteiger partial charge >= 0.3 is 0 Å². The van der Waals surface area contributed by atoms with Gasteiger partial charge in [-0.25, -0.2) is 0 Å². The Morgan fingerprint density at radius 2 is 2.11 bits per heavy atom. The van der Waals surface area contributed by atoms with E-state index in [0.717, 1.165) is 4.88 Å². The highest BCUT2D eigenvalue weighted by molar-refractivity contribution is 7.09. The molecular weight excluding hydrogens is 252 g/mol. The normalized spacial score (nSPS) is 10.4. The number of hydrogen-bond acceptors (Lipinski definition) is 5. The highest BCUT2D eigenvalue weighted by atomic mass is 32.1. The summed E-state index contributed by atoms with van der Waals surface area (Å²) < 4.78 is 5.49. The van der Waals surface area contributed by atoms with E-state index >= 15 is 0 Å². The van der Waals surface area contributed by atoms with Crippen LogP contribution in [0.15, 0.2) is 35.7 Å². The maximum atomic E-state index is 10.7. The first-order chi connectivity index (χ1) is 8.68. The summed E-state index contributed by atoms with van der Waals surface area (Å²) in [5, 5.41) is 12.7. The second-order valence-corrected chi connectivity index (χ2v) is 4.71. The summed E-state index contributed by atoms with van der Waals surface area (Å²) in [7, 11) is 0. The van der Waals surface area contributed by atoms with Crippen LogP contribution in [0.2, 0.25) is 0 Å². The Hall–Kier alpha value is -1.92. The number of nitro groups is 1. The van der Waals surface area contributed by atoms with Gasteiger partial charge in [-0.3, -0.25) is 10.1 Å². The van der Waals surface area contributed by atoms with E-state index in [4.69, 9.17) is 10.5 Å². The summed E-state index contributed by atoms with van der Waals surface area (Å²) in [6, 6.07) is 8.65. The lowest BCUT2D eigenvalue weighted by atomic mass is 10.1. The summed E-state index contributed by atoms with van der Waals surface area (Å²) in [6.45, 7) is 0.755. The van der Waals surface area contributed by atoms with Gasteiger partial charge in [-0.2, -0.15) is 0 Å². The number of rotatable bonds is 5. The van der Waals surface area contributed by atoms with Crippen molar-refractivity contribution in [3.8, 4) is 0 Å². The zero-order chi connectivity index (χ0) is 13.0. The highest BCUT2D eigenvalue weighted by Gasteiger charge is 2.13. The molecule has 94 valence electrons. The Morgan fingerprint density at radius 1 is 1.28 bits per heavy atom. The first kappa shape index (κ1) is 12.5. The molecule has 1 aromatic carbocycles. The third-order valence-electron chi connectivity index (χ3n) is 2.45. The summed E-state index contributed by atoms with van der Waals surface area (Å²) in [6.07, 6.45) is 0. The molecule has 0 aliphatic heterocycles. The van der Waals surface area contributed by atoms with Crippen molar-refractivity contribution in [3.05, 3.63) is 56.3 Å². The molecule has 1 heterocycles. The first-order valence-electron chi connectivity index (χ1n) is 5.30. The van der Waals surface area contributed by atoms with Gasteiger partial charge in [-0.15, -0.1) is 11.3 Å². The molecule has 0 amide bonds. The average molecular weight is 264 g/mol. The lowest BCUT2D eigenvalue weighted by Crippen LogP contribution is -2.02. The molecular formula is C12H12N2O3S. The molecule has 2 rings (SSSR count). The number of nitrogens with two attached hydrogens (primary N) is 1. The number of ether oxygens (including phenoxy) is 1. The molecule has 18 heavy (non-hydrogen) atoms. The van der Waals surface area contributed by atoms with Gasteiger partial charge < -0.3 is 10.5 Å². The lowest BCUT2D eigenvalue weighted by molar-refractivity contribution is -0.384. The van der Waals surface area contributed by atoms with Crippen molar-refractivity contribution in [3.63, 3.8) is 0 Å². The fourth-order valence-electron chi connectivity index (χ4n) is 1.54. The second kappa shape index (κ2) is 5.61. The third kappa shape index (κ3) is 2.85. The van der Waals surface area contributed by atoms with Gasteiger partial charge in [0.05, 0.1) is 18.1 Å². The predicted molar refractivity (Wildman–Crippen MR) is 70.3 cm³/mol. The number of nitro benzene ring substituents is 1. The topological polar surface area (TPSA) is 78.4 Å². The molecule has 0 fully saturated rings. The number of nitrogens with zero attached hydrogens (tertiary/aromatic N) is 1.